The molecule has 0 aliphatic heterocycles. The molecule has 186 valence electrons. The molecule has 0 unspecified atom stereocenters. The summed E-state index contributed by atoms with van der Waals surface area (Å²) in [5.41, 5.74) is 7.47. The smallest absolute Gasteiger partial charge is 0.149 e. The number of H-pyrrole nitrogens is 1. The van der Waals surface area contributed by atoms with Crippen molar-refractivity contribution in [3.63, 3.8) is 0 Å². The number of nitrogens with zero attached hydrogens (tertiary/aromatic N) is 3. The van der Waals surface area contributed by atoms with E-state index in [1.54, 1.807) is 6.20 Å². The molecule has 6 nitrogen and oxygen atoms in total. The van der Waals surface area contributed by atoms with Gasteiger partial charge in [-0.1, -0.05) is 27.2 Å². The van der Waals surface area contributed by atoms with Crippen LogP contribution in [0.2, 0.25) is 0 Å². The van der Waals surface area contributed by atoms with E-state index < -0.39 is 9.84 Å². The van der Waals surface area contributed by atoms with E-state index in [2.05, 4.69) is 48.9 Å². The van der Waals surface area contributed by atoms with Crippen molar-refractivity contribution in [2.75, 3.05) is 12.0 Å². The van der Waals surface area contributed by atoms with Crippen LogP contribution in [0.4, 0.5) is 0 Å². The highest BCUT2D eigenvalue weighted by atomic mass is 32.2. The van der Waals surface area contributed by atoms with E-state index in [0.29, 0.717) is 12.5 Å². The molecule has 0 atom stereocenters. The first-order chi connectivity index (χ1) is 16.7. The minimum atomic E-state index is -3.08. The Morgan fingerprint density at radius 3 is 2.60 bits per heavy atom. The number of nitrogens with one attached hydrogen (secondary N) is 1. The van der Waals surface area contributed by atoms with E-state index in [1.165, 1.54) is 49.6 Å². The quantitative estimate of drug-likeness (QED) is 0.322. The van der Waals surface area contributed by atoms with Crippen LogP contribution in [0.5, 0.6) is 0 Å². The Bertz CT molecular complexity index is 1460. The van der Waals surface area contributed by atoms with Crippen LogP contribution in [-0.2, 0) is 16.4 Å². The molecule has 1 aliphatic rings. The first-order valence-corrected chi connectivity index (χ1v) is 15.0. The van der Waals surface area contributed by atoms with Gasteiger partial charge in [0.2, 0.25) is 0 Å². The van der Waals surface area contributed by atoms with Crippen molar-refractivity contribution in [2.24, 2.45) is 5.92 Å². The fourth-order valence-electron chi connectivity index (χ4n) is 5.73. The largest absolute Gasteiger partial charge is 0.353 e. The van der Waals surface area contributed by atoms with Gasteiger partial charge in [-0.3, -0.25) is 4.98 Å². The van der Waals surface area contributed by atoms with E-state index in [4.69, 9.17) is 4.98 Å². The Morgan fingerprint density at radius 1 is 1.14 bits per heavy atom. The predicted molar refractivity (Wildman–Crippen MR) is 144 cm³/mol. The van der Waals surface area contributed by atoms with Crippen LogP contribution < -0.4 is 0 Å². The van der Waals surface area contributed by atoms with Gasteiger partial charge in [-0.25, -0.2) is 13.4 Å². The van der Waals surface area contributed by atoms with E-state index in [9.17, 15) is 8.42 Å². The highest BCUT2D eigenvalue weighted by Gasteiger charge is 2.25. The molecule has 4 aromatic heterocycles. The zero-order valence-electron chi connectivity index (χ0n) is 21.2. The topological polar surface area (TPSA) is 80.6 Å². The molecule has 35 heavy (non-hydrogen) atoms. The molecule has 1 aliphatic carbocycles. The molecule has 0 bridgehead atoms. The summed E-state index contributed by atoms with van der Waals surface area (Å²) in [7, 11) is -3.08. The first-order valence-electron chi connectivity index (χ1n) is 12.9. The number of sulfone groups is 1. The maximum absolute atomic E-state index is 11.8. The van der Waals surface area contributed by atoms with Crippen molar-refractivity contribution in [1.29, 1.82) is 0 Å². The average molecular weight is 493 g/mol. The van der Waals surface area contributed by atoms with E-state index in [1.807, 2.05) is 16.8 Å². The van der Waals surface area contributed by atoms with Crippen molar-refractivity contribution in [2.45, 2.75) is 71.3 Å². The minimum absolute atomic E-state index is 0.0850. The summed E-state index contributed by atoms with van der Waals surface area (Å²) in [6.45, 7) is 7.12. The molecule has 0 amide bonds. The maximum atomic E-state index is 11.8. The molecule has 0 radical (unpaired) electrons. The second-order valence-electron chi connectivity index (χ2n) is 10.6. The Balaban J connectivity index is 1.60. The molecule has 5 rings (SSSR count). The zero-order valence-corrected chi connectivity index (χ0v) is 22.0. The minimum Gasteiger partial charge on any atom is -0.353 e. The fourth-order valence-corrected chi connectivity index (χ4v) is 6.25. The van der Waals surface area contributed by atoms with Gasteiger partial charge in [0.25, 0.3) is 0 Å². The Kier molecular flexibility index (Phi) is 6.47. The lowest BCUT2D eigenvalue weighted by molar-refractivity contribution is 0.316. The third kappa shape index (κ3) is 4.75. The molecule has 0 spiro atoms. The lowest BCUT2D eigenvalue weighted by Crippen LogP contribution is -2.13. The molecule has 1 fully saturated rings. The van der Waals surface area contributed by atoms with Crippen LogP contribution in [0.1, 0.15) is 76.0 Å². The van der Waals surface area contributed by atoms with E-state index >= 15 is 0 Å². The summed E-state index contributed by atoms with van der Waals surface area (Å²) in [6, 6.07) is 8.41. The average Bonchev–Trinajstić information content (AvgIpc) is 3.40. The second-order valence-corrected chi connectivity index (χ2v) is 12.8. The number of rotatable bonds is 7. The summed E-state index contributed by atoms with van der Waals surface area (Å²) >= 11 is 0. The molecule has 0 aromatic carbocycles. The Hall–Kier alpha value is -2.67. The molecule has 1 N–H and O–H groups in total. The third-order valence-corrected chi connectivity index (χ3v) is 8.65. The Labute approximate surface area is 208 Å². The second kappa shape index (κ2) is 9.41. The lowest BCUT2D eigenvalue weighted by atomic mass is 9.79. The van der Waals surface area contributed by atoms with Crippen LogP contribution in [0.25, 0.3) is 33.3 Å². The van der Waals surface area contributed by atoms with Gasteiger partial charge in [0, 0.05) is 53.3 Å². The van der Waals surface area contributed by atoms with Crippen LogP contribution in [0.3, 0.4) is 0 Å². The highest BCUT2D eigenvalue weighted by Crippen LogP contribution is 2.41. The molecular formula is C28H36N4O2S. The van der Waals surface area contributed by atoms with Crippen LogP contribution in [-0.4, -0.2) is 39.9 Å². The fraction of sp³-hybridized carbons (Fsp3) is 0.500. The molecule has 7 heteroatoms. The van der Waals surface area contributed by atoms with Gasteiger partial charge >= 0.3 is 0 Å². The van der Waals surface area contributed by atoms with Gasteiger partial charge in [0.15, 0.2) is 0 Å². The molecule has 1 saturated carbocycles. The molecular weight excluding hydrogens is 456 g/mol. The van der Waals surface area contributed by atoms with Crippen molar-refractivity contribution >= 4 is 31.9 Å². The molecule has 4 aromatic rings. The highest BCUT2D eigenvalue weighted by molar-refractivity contribution is 7.90. The number of aromatic nitrogens is 4. The monoisotopic (exact) mass is 492 g/mol. The van der Waals surface area contributed by atoms with Crippen molar-refractivity contribution in [1.82, 2.24) is 19.5 Å². The standard InChI is InChI=1S/C28H36N4O2S/c1-5-19-8-10-20(11-9-19)23-12-13-24-27(30-23)25(18(2)3)26(31-24)22-17-32(15-16-35(4,33)34)28-21(22)7-6-14-29-28/h6-7,12-14,17-20,31H,5,8-11,15-16H2,1-4H3. The SMILES string of the molecule is CCC1CCC(c2ccc3[nH]c(-c4cn(CCS(C)(=O)=O)c5ncccc45)c(C(C)C)c3n2)CC1. The summed E-state index contributed by atoms with van der Waals surface area (Å²) < 4.78 is 25.6. The number of hydrogen-bond donors (Lipinski definition) is 1. The summed E-state index contributed by atoms with van der Waals surface area (Å²) in [5, 5.41) is 1.02. The maximum Gasteiger partial charge on any atom is 0.149 e. The van der Waals surface area contributed by atoms with Gasteiger partial charge in [-0.2, -0.15) is 0 Å². The zero-order chi connectivity index (χ0) is 24.7. The Morgan fingerprint density at radius 2 is 1.91 bits per heavy atom. The lowest BCUT2D eigenvalue weighted by Gasteiger charge is -2.27. The first kappa shape index (κ1) is 24.0. The summed E-state index contributed by atoms with van der Waals surface area (Å²) in [5.74, 6) is 1.78. The van der Waals surface area contributed by atoms with Crippen molar-refractivity contribution in [3.8, 4) is 11.3 Å². The van der Waals surface area contributed by atoms with Gasteiger partial charge in [-0.15, -0.1) is 0 Å². The van der Waals surface area contributed by atoms with E-state index in [-0.39, 0.29) is 11.7 Å². The van der Waals surface area contributed by atoms with Gasteiger partial charge in [-0.05, 0) is 61.8 Å². The normalized spacial score (nSPS) is 19.2. The molecule has 0 saturated heterocycles. The summed E-state index contributed by atoms with van der Waals surface area (Å²) in [6.07, 6.45) is 11.4. The van der Waals surface area contributed by atoms with Crippen LogP contribution >= 0.6 is 0 Å². The van der Waals surface area contributed by atoms with Crippen molar-refractivity contribution < 1.29 is 8.42 Å². The third-order valence-electron chi connectivity index (χ3n) is 7.73. The van der Waals surface area contributed by atoms with Crippen LogP contribution in [0.15, 0.2) is 36.7 Å². The van der Waals surface area contributed by atoms with Gasteiger partial charge in [0.05, 0.1) is 22.5 Å². The number of hydrogen-bond acceptors (Lipinski definition) is 4. The summed E-state index contributed by atoms with van der Waals surface area (Å²) in [4.78, 5) is 13.5. The number of aromatic amines is 1. The van der Waals surface area contributed by atoms with E-state index in [0.717, 1.165) is 39.2 Å². The molecule has 4 heterocycles. The van der Waals surface area contributed by atoms with Gasteiger partial charge in [0.1, 0.15) is 15.5 Å². The number of pyridine rings is 2. The van der Waals surface area contributed by atoms with Crippen LogP contribution in [0, 0.1) is 5.92 Å². The number of fused-ring (bicyclic) bond motifs is 2. The van der Waals surface area contributed by atoms with Gasteiger partial charge < -0.3 is 9.55 Å². The predicted octanol–water partition coefficient (Wildman–Crippen LogP) is 6.43. The number of aryl methyl sites for hydroxylation is 1. The van der Waals surface area contributed by atoms with Crippen molar-refractivity contribution in [3.05, 3.63) is 47.9 Å².